The van der Waals surface area contributed by atoms with Crippen LogP contribution in [0, 0.1) is 0 Å². The molecule has 1 rings (SSSR count). The van der Waals surface area contributed by atoms with Crippen LogP contribution in [0.2, 0.25) is 5.15 Å². The molecular formula is C5H4BBrClNO2. The Hall–Kier alpha value is -0.0951. The van der Waals surface area contributed by atoms with Gasteiger partial charge in [0, 0.05) is 11.7 Å². The topological polar surface area (TPSA) is 53.4 Å². The highest BCUT2D eigenvalue weighted by atomic mass is 79.9. The van der Waals surface area contributed by atoms with Crippen molar-refractivity contribution in [2.24, 2.45) is 0 Å². The molecule has 0 aliphatic heterocycles. The maximum atomic E-state index is 8.77. The van der Waals surface area contributed by atoms with Crippen molar-refractivity contribution in [1.29, 1.82) is 0 Å². The normalized spacial score (nSPS) is 9.82. The molecule has 0 saturated carbocycles. The Kier molecular flexibility index (Phi) is 2.89. The molecule has 6 heteroatoms. The second-order valence-corrected chi connectivity index (χ2v) is 3.03. The van der Waals surface area contributed by atoms with Gasteiger partial charge < -0.3 is 10.0 Å². The Morgan fingerprint density at radius 3 is 2.64 bits per heavy atom. The van der Waals surface area contributed by atoms with Crippen LogP contribution < -0.4 is 5.46 Å². The van der Waals surface area contributed by atoms with Gasteiger partial charge in [0.05, 0.1) is 4.47 Å². The van der Waals surface area contributed by atoms with Gasteiger partial charge in [-0.2, -0.15) is 0 Å². The molecule has 1 aromatic rings. The SMILES string of the molecule is OB(O)c1ccnc(Cl)c1Br. The van der Waals surface area contributed by atoms with E-state index in [-0.39, 0.29) is 5.15 Å². The molecule has 0 aliphatic rings. The van der Waals surface area contributed by atoms with E-state index in [0.717, 1.165) is 0 Å². The van der Waals surface area contributed by atoms with Crippen molar-refractivity contribution >= 4 is 40.1 Å². The van der Waals surface area contributed by atoms with Crippen molar-refractivity contribution in [2.45, 2.75) is 0 Å². The van der Waals surface area contributed by atoms with Crippen molar-refractivity contribution < 1.29 is 10.0 Å². The van der Waals surface area contributed by atoms with Crippen LogP contribution in [0.4, 0.5) is 0 Å². The Morgan fingerprint density at radius 2 is 2.18 bits per heavy atom. The first kappa shape index (κ1) is 9.00. The zero-order valence-electron chi connectivity index (χ0n) is 5.33. The third kappa shape index (κ3) is 1.93. The standard InChI is InChI=1S/C5H4BBrClNO2/c7-4-3(6(10)11)1-2-9-5(4)8/h1-2,10-11H. The van der Waals surface area contributed by atoms with Crippen LogP contribution in [0.3, 0.4) is 0 Å². The van der Waals surface area contributed by atoms with Gasteiger partial charge in [-0.15, -0.1) is 0 Å². The van der Waals surface area contributed by atoms with Crippen LogP contribution in [0.1, 0.15) is 0 Å². The molecule has 1 heterocycles. The molecule has 58 valence electrons. The molecule has 0 amide bonds. The highest BCUT2D eigenvalue weighted by Gasteiger charge is 2.16. The van der Waals surface area contributed by atoms with Gasteiger partial charge in [-0.25, -0.2) is 4.98 Å². The van der Waals surface area contributed by atoms with E-state index in [1.165, 1.54) is 12.3 Å². The summed E-state index contributed by atoms with van der Waals surface area (Å²) in [6.07, 6.45) is 1.40. The van der Waals surface area contributed by atoms with Crippen LogP contribution >= 0.6 is 27.5 Å². The average molecular weight is 236 g/mol. The lowest BCUT2D eigenvalue weighted by molar-refractivity contribution is 0.425. The second-order valence-electron chi connectivity index (χ2n) is 1.88. The monoisotopic (exact) mass is 235 g/mol. The van der Waals surface area contributed by atoms with Crippen LogP contribution in [0.15, 0.2) is 16.7 Å². The van der Waals surface area contributed by atoms with Crippen molar-refractivity contribution in [3.05, 3.63) is 21.9 Å². The fraction of sp³-hybridized carbons (Fsp3) is 0. The van der Waals surface area contributed by atoms with Gasteiger partial charge >= 0.3 is 7.12 Å². The maximum absolute atomic E-state index is 8.77. The Balaban J connectivity index is 3.17. The van der Waals surface area contributed by atoms with Gasteiger partial charge in [0.25, 0.3) is 0 Å². The summed E-state index contributed by atoms with van der Waals surface area (Å²) in [5, 5.41) is 17.8. The first-order chi connectivity index (χ1) is 5.13. The van der Waals surface area contributed by atoms with Crippen LogP contribution in [-0.2, 0) is 0 Å². The van der Waals surface area contributed by atoms with Gasteiger partial charge in [-0.1, -0.05) is 11.6 Å². The number of hydrogen-bond acceptors (Lipinski definition) is 3. The van der Waals surface area contributed by atoms with Crippen LogP contribution in [-0.4, -0.2) is 22.2 Å². The molecule has 0 aromatic carbocycles. The number of hydrogen-bond donors (Lipinski definition) is 2. The Bertz CT molecular complexity index is 271. The van der Waals surface area contributed by atoms with E-state index in [4.69, 9.17) is 21.6 Å². The van der Waals surface area contributed by atoms with Crippen molar-refractivity contribution in [3.63, 3.8) is 0 Å². The first-order valence-electron chi connectivity index (χ1n) is 2.79. The quantitative estimate of drug-likeness (QED) is 0.540. The van der Waals surface area contributed by atoms with Crippen molar-refractivity contribution in [1.82, 2.24) is 4.98 Å². The van der Waals surface area contributed by atoms with Gasteiger partial charge in [-0.3, -0.25) is 0 Å². The van der Waals surface area contributed by atoms with Crippen molar-refractivity contribution in [2.75, 3.05) is 0 Å². The third-order valence-electron chi connectivity index (χ3n) is 1.15. The predicted molar refractivity (Wildman–Crippen MR) is 46.8 cm³/mol. The van der Waals surface area contributed by atoms with Gasteiger partial charge in [-0.05, 0) is 22.0 Å². The first-order valence-corrected chi connectivity index (χ1v) is 3.96. The summed E-state index contributed by atoms with van der Waals surface area (Å²) < 4.78 is 0.414. The highest BCUT2D eigenvalue weighted by Crippen LogP contribution is 2.16. The van der Waals surface area contributed by atoms with Crippen LogP contribution in [0.5, 0.6) is 0 Å². The fourth-order valence-corrected chi connectivity index (χ4v) is 1.24. The Morgan fingerprint density at radius 1 is 1.55 bits per heavy atom. The van der Waals surface area contributed by atoms with Crippen molar-refractivity contribution in [3.8, 4) is 0 Å². The number of rotatable bonds is 1. The summed E-state index contributed by atoms with van der Waals surface area (Å²) in [6, 6.07) is 1.47. The molecule has 11 heavy (non-hydrogen) atoms. The largest absolute Gasteiger partial charge is 0.489 e. The molecule has 0 unspecified atom stereocenters. The van der Waals surface area contributed by atoms with Gasteiger partial charge in [0.15, 0.2) is 0 Å². The number of halogens is 2. The number of pyridine rings is 1. The molecule has 2 N–H and O–H groups in total. The average Bonchev–Trinajstić information content (AvgIpc) is 1.94. The lowest BCUT2D eigenvalue weighted by Crippen LogP contribution is -2.31. The molecule has 3 nitrogen and oxygen atoms in total. The minimum atomic E-state index is -1.52. The number of aromatic nitrogens is 1. The van der Waals surface area contributed by atoms with E-state index in [2.05, 4.69) is 20.9 Å². The van der Waals surface area contributed by atoms with E-state index < -0.39 is 7.12 Å². The predicted octanol–water partition coefficient (Wildman–Crippen LogP) is 0.177. The molecule has 0 bridgehead atoms. The Labute approximate surface area is 77.3 Å². The van der Waals surface area contributed by atoms with Crippen LogP contribution in [0.25, 0.3) is 0 Å². The molecule has 0 saturated heterocycles. The molecule has 0 spiro atoms. The molecular weight excluding hydrogens is 232 g/mol. The minimum absolute atomic E-state index is 0.218. The molecule has 1 aromatic heterocycles. The second kappa shape index (κ2) is 3.54. The number of nitrogens with zero attached hydrogens (tertiary/aromatic N) is 1. The van der Waals surface area contributed by atoms with E-state index in [1.54, 1.807) is 0 Å². The van der Waals surface area contributed by atoms with Gasteiger partial charge in [0.2, 0.25) is 0 Å². The molecule has 0 atom stereocenters. The fourth-order valence-electron chi connectivity index (χ4n) is 0.631. The zero-order valence-corrected chi connectivity index (χ0v) is 7.67. The molecule has 0 fully saturated rings. The lowest BCUT2D eigenvalue weighted by atomic mass is 9.81. The zero-order chi connectivity index (χ0) is 8.43. The van der Waals surface area contributed by atoms with Gasteiger partial charge in [0.1, 0.15) is 5.15 Å². The van der Waals surface area contributed by atoms with E-state index in [0.29, 0.717) is 9.94 Å². The summed E-state index contributed by atoms with van der Waals surface area (Å²) in [5.74, 6) is 0. The van der Waals surface area contributed by atoms with E-state index in [9.17, 15) is 0 Å². The summed E-state index contributed by atoms with van der Waals surface area (Å²) in [6.45, 7) is 0. The molecule has 0 radical (unpaired) electrons. The maximum Gasteiger partial charge on any atom is 0.489 e. The smallest absolute Gasteiger partial charge is 0.423 e. The summed E-state index contributed by atoms with van der Waals surface area (Å²) in [5.41, 5.74) is 0.310. The molecule has 0 aliphatic carbocycles. The van der Waals surface area contributed by atoms with E-state index in [1.807, 2.05) is 0 Å². The minimum Gasteiger partial charge on any atom is -0.423 e. The summed E-state index contributed by atoms with van der Waals surface area (Å²) >= 11 is 8.64. The lowest BCUT2D eigenvalue weighted by Gasteiger charge is -2.02. The van der Waals surface area contributed by atoms with E-state index >= 15 is 0 Å². The highest BCUT2D eigenvalue weighted by molar-refractivity contribution is 9.10. The summed E-state index contributed by atoms with van der Waals surface area (Å²) in [7, 11) is -1.52. The summed E-state index contributed by atoms with van der Waals surface area (Å²) in [4.78, 5) is 3.72. The third-order valence-corrected chi connectivity index (χ3v) is 2.50.